The molecule has 2 bridgehead atoms. The average Bonchev–Trinajstić information content (AvgIpc) is 1.58. The molecule has 4 aliphatic heterocycles. The topological polar surface area (TPSA) is 519 Å². The molecule has 0 spiro atoms. The van der Waals surface area contributed by atoms with Crippen molar-refractivity contribution >= 4 is 109 Å². The number of anilines is 3. The number of unbranched alkanes of at least 4 members (excludes halogenated alkanes) is 13. The largest absolute Gasteiger partial charge is 0.472 e. The lowest BCUT2D eigenvalue weighted by Gasteiger charge is -2.39. The summed E-state index contributed by atoms with van der Waals surface area (Å²) in [6.45, 7) is -7.51. The van der Waals surface area contributed by atoms with Gasteiger partial charge in [-0.25, -0.2) is 58.6 Å². The number of phosphoric ester groups is 2. The summed E-state index contributed by atoms with van der Waals surface area (Å²) in [7, 11) is -9.04. The van der Waals surface area contributed by atoms with Crippen LogP contribution < -0.4 is 17.2 Å². The monoisotopic (exact) mass is 1540 g/mol. The molecule has 4 fully saturated rings. The second kappa shape index (κ2) is 34.8. The van der Waals surface area contributed by atoms with E-state index in [9.17, 15) is 43.2 Å². The molecule has 0 aromatic carbocycles. The van der Waals surface area contributed by atoms with Crippen molar-refractivity contribution < 1.29 is 108 Å². The van der Waals surface area contributed by atoms with Gasteiger partial charge in [0.2, 0.25) is 0 Å². The van der Waals surface area contributed by atoms with E-state index >= 15 is 0 Å². The number of hydrogen-bond donors (Lipinski definition) is 9. The van der Waals surface area contributed by atoms with E-state index in [0.717, 1.165) is 38.3 Å². The molecule has 38 nitrogen and oxygen atoms in total. The minimum absolute atomic E-state index is 0.0291. The lowest BCUT2D eigenvalue weighted by molar-refractivity contribution is -0.153. The van der Waals surface area contributed by atoms with Crippen LogP contribution >= 0.6 is 40.5 Å². The fraction of sp³-hybridized carbons (Fsp3) is 0.719. The minimum atomic E-state index is -5.42. The Morgan fingerprint density at radius 1 is 0.653 bits per heavy atom. The molecule has 4 aliphatic rings. The molecule has 0 saturated carbocycles. The number of nitrogen functional groups attached to an aromatic ring is 3. The molecule has 101 heavy (non-hydrogen) atoms. The van der Waals surface area contributed by atoms with Crippen LogP contribution in [0.1, 0.15) is 142 Å². The maximum absolute atomic E-state index is 14.3. The number of esters is 1. The zero-order chi connectivity index (χ0) is 72.3. The normalized spacial score (nSPS) is 27.1. The number of methoxy groups -OCH3 is 1. The number of aromatic nitrogens is 12. The molecule has 16 atom stereocenters. The fourth-order valence-electron chi connectivity index (χ4n) is 12.6. The van der Waals surface area contributed by atoms with E-state index in [-0.39, 0.29) is 76.3 Å². The number of aliphatic hydroxyl groups is 2. The number of phosphoric acid groups is 2. The molecule has 0 aliphatic carbocycles. The number of carbonyl (C=O) groups is 1. The van der Waals surface area contributed by atoms with Gasteiger partial charge in [0.1, 0.15) is 96.6 Å². The van der Waals surface area contributed by atoms with E-state index in [4.69, 9.17) is 94.2 Å². The Morgan fingerprint density at radius 3 is 1.70 bits per heavy atom. The predicted molar refractivity (Wildman–Crippen MR) is 365 cm³/mol. The molecule has 44 heteroatoms. The zero-order valence-corrected chi connectivity index (χ0v) is 61.3. The van der Waals surface area contributed by atoms with Crippen LogP contribution in [0.5, 0.6) is 0 Å². The van der Waals surface area contributed by atoms with Gasteiger partial charge < -0.3 is 79.9 Å². The van der Waals surface area contributed by atoms with Crippen molar-refractivity contribution in [2.24, 2.45) is 5.41 Å². The van der Waals surface area contributed by atoms with Gasteiger partial charge >= 0.3 is 35.1 Å². The first-order valence-corrected chi connectivity index (χ1v) is 41.9. The van der Waals surface area contributed by atoms with Gasteiger partial charge in [0.15, 0.2) is 53.1 Å². The summed E-state index contributed by atoms with van der Waals surface area (Å²) in [5.74, 6) is -0.659. The minimum Gasteiger partial charge on any atom is -0.464 e. The SMILES string of the molecule is CCCCCCCCCCCCCCCCC(C)(C)C(=O)OCCSP(=O)(O)OC1[C@@H]2OCC[C@@]1(COP(O)(=S)O[C@H]1C(O)[C@@H](COP(=O)(O)O[C@H]3C(OC)[C@@H](COP(=O)(O)OCCO)O[C@H]3n3cnc4c(N)ncnc43)O[C@H]1n1cnc3c(N)ncnc31)O[C@H]2n1cnc2c(N)ncnc21. The maximum Gasteiger partial charge on any atom is 0.472 e. The molecule has 7 unspecified atom stereocenters. The van der Waals surface area contributed by atoms with E-state index in [2.05, 4.69) is 51.8 Å². The van der Waals surface area contributed by atoms with Gasteiger partial charge in [-0.05, 0) is 43.5 Å². The highest BCUT2D eigenvalue weighted by atomic mass is 32.7. The fourth-order valence-corrected chi connectivity index (χ4v) is 18.1. The van der Waals surface area contributed by atoms with Crippen molar-refractivity contribution in [3.05, 3.63) is 38.0 Å². The third kappa shape index (κ3) is 19.6. The molecular weight excluding hydrogens is 1450 g/mol. The van der Waals surface area contributed by atoms with E-state index in [1.165, 1.54) is 110 Å². The molecule has 12 N–H and O–H groups in total. The highest BCUT2D eigenvalue weighted by molar-refractivity contribution is 8.54. The molecule has 0 radical (unpaired) electrons. The number of carbonyl (C=O) groups excluding carboxylic acids is 1. The van der Waals surface area contributed by atoms with Crippen LogP contribution in [0.15, 0.2) is 38.0 Å². The van der Waals surface area contributed by atoms with Crippen molar-refractivity contribution in [3.63, 3.8) is 0 Å². The van der Waals surface area contributed by atoms with E-state index in [1.54, 1.807) is 0 Å². The van der Waals surface area contributed by atoms with Gasteiger partial charge in [0.25, 0.3) is 0 Å². The van der Waals surface area contributed by atoms with Gasteiger partial charge in [0, 0.05) is 19.3 Å². The third-order valence-corrected chi connectivity index (χ3v) is 24.3. The number of nitrogens with zero attached hydrogens (tertiary/aromatic N) is 12. The summed E-state index contributed by atoms with van der Waals surface area (Å²) in [6.07, 6.45) is 7.90. The van der Waals surface area contributed by atoms with E-state index < -0.39 is 147 Å². The van der Waals surface area contributed by atoms with Crippen molar-refractivity contribution in [1.82, 2.24) is 58.6 Å². The van der Waals surface area contributed by atoms with Crippen molar-refractivity contribution in [2.75, 3.05) is 76.3 Å². The van der Waals surface area contributed by atoms with Crippen LogP contribution in [-0.4, -0.2) is 208 Å². The third-order valence-electron chi connectivity index (χ3n) is 17.8. The predicted octanol–water partition coefficient (Wildman–Crippen LogP) is 6.39. The second-order valence-corrected chi connectivity index (χ2v) is 35.0. The Bertz CT molecular complexity index is 3950. The number of nitrogens with two attached hydrogens (primary N) is 3. The van der Waals surface area contributed by atoms with Gasteiger partial charge in [-0.15, -0.1) is 0 Å². The van der Waals surface area contributed by atoms with Crippen LogP contribution in [0.3, 0.4) is 0 Å². The lowest BCUT2D eigenvalue weighted by atomic mass is 9.87. The van der Waals surface area contributed by atoms with Crippen molar-refractivity contribution in [3.8, 4) is 0 Å². The molecule has 10 rings (SSSR count). The number of ether oxygens (including phenoxy) is 6. The quantitative estimate of drug-likeness (QED) is 0.0114. The Hall–Kier alpha value is -4.51. The molecule has 10 heterocycles. The van der Waals surface area contributed by atoms with Crippen LogP contribution in [0.4, 0.5) is 17.5 Å². The van der Waals surface area contributed by atoms with Crippen LogP contribution in [0.25, 0.3) is 33.5 Å². The number of rotatable bonds is 42. The Kier molecular flexibility index (Phi) is 27.3. The smallest absolute Gasteiger partial charge is 0.464 e. The summed E-state index contributed by atoms with van der Waals surface area (Å²) < 4.78 is 122. The van der Waals surface area contributed by atoms with Gasteiger partial charge in [-0.1, -0.05) is 96.8 Å². The summed E-state index contributed by atoms with van der Waals surface area (Å²) in [4.78, 5) is 96.8. The van der Waals surface area contributed by atoms with Crippen molar-refractivity contribution in [1.29, 1.82) is 0 Å². The first-order valence-electron chi connectivity index (χ1n) is 33.2. The molecule has 6 aromatic heterocycles. The van der Waals surface area contributed by atoms with E-state index in [0.29, 0.717) is 17.8 Å². The standard InChI is InChI=1S/C57H89N15O23P4S2/c1-5-6-7-8-9-10-11-12-13-14-15-16-17-18-19-56(2,3)55(75)85-24-25-101-98(80,81)95-45-44-54(72-34-69-39-48(60)63-31-66-51(39)72)92-57(45,20-22-84-44)28-89-99(82,100)94-42-40(74)35(90-52(42)70-32-67-37-46(58)61-29-64-49(37)70)26-88-97(78,79)93-43-41(83-4)36(27-87-96(76,77)86-23-21-73)91-53(43)71-33-68-38-47(59)62-30-65-50(38)71/h29-36,40-45,52-54,73-74H,5-28H2,1-4H3,(H,76,77)(H,78,79)(H,80,81)(H,82,100)(H2,58,61,64)(H2,59,62,65)(H2,60,63,66)/t35-,36-,40?,41?,42+,43+,44+,45?,52-,53-,54-,57+,99?/m1/s1. The number of imidazole rings is 3. The molecule has 6 aromatic rings. The zero-order valence-electron chi connectivity index (χ0n) is 56.1. The first-order chi connectivity index (χ1) is 48.2. The lowest BCUT2D eigenvalue weighted by Crippen LogP contribution is -2.52. The highest BCUT2D eigenvalue weighted by Crippen LogP contribution is 2.62. The Balaban J connectivity index is 0.810. The maximum atomic E-state index is 14.3. The van der Waals surface area contributed by atoms with Gasteiger partial charge in [-0.2, -0.15) is 0 Å². The van der Waals surface area contributed by atoms with Crippen LogP contribution in [0, 0.1) is 5.41 Å². The number of fused-ring (bicyclic) bond motifs is 5. The van der Waals surface area contributed by atoms with Gasteiger partial charge in [-0.3, -0.25) is 45.6 Å². The molecule has 4 saturated heterocycles. The summed E-state index contributed by atoms with van der Waals surface area (Å²) in [5, 5.41) is 21.4. The van der Waals surface area contributed by atoms with Gasteiger partial charge in [0.05, 0.1) is 64.0 Å². The number of aliphatic hydroxyl groups excluding tert-OH is 2. The Labute approximate surface area is 589 Å². The summed E-state index contributed by atoms with van der Waals surface area (Å²) in [6, 6.07) is 0. The molecule has 562 valence electrons. The van der Waals surface area contributed by atoms with Crippen molar-refractivity contribution in [2.45, 2.75) is 197 Å². The average molecular weight is 1540 g/mol. The molecule has 0 amide bonds. The summed E-state index contributed by atoms with van der Waals surface area (Å²) >= 11 is 6.18. The first kappa shape index (κ1) is 79.1. The highest BCUT2D eigenvalue weighted by Gasteiger charge is 2.63. The van der Waals surface area contributed by atoms with E-state index in [1.807, 2.05) is 13.8 Å². The Morgan fingerprint density at radius 2 is 1.16 bits per heavy atom. The van der Waals surface area contributed by atoms with Crippen LogP contribution in [0.2, 0.25) is 0 Å². The second-order valence-electron chi connectivity index (χ2n) is 25.4. The van der Waals surface area contributed by atoms with Crippen LogP contribution in [-0.2, 0) is 90.4 Å². The number of hydrogen-bond acceptors (Lipinski definition) is 33. The molecular formula is C57H89N15O23P4S2. The summed E-state index contributed by atoms with van der Waals surface area (Å²) in [5.41, 5.74) is 16.4.